The maximum Gasteiger partial charge on any atom is 0.195 e. The second-order valence-electron chi connectivity index (χ2n) is 5.40. The van der Waals surface area contributed by atoms with Crippen LogP contribution in [0.2, 0.25) is 0 Å². The van der Waals surface area contributed by atoms with E-state index < -0.39 is 0 Å². The lowest BCUT2D eigenvalue weighted by Gasteiger charge is -2.14. The minimum atomic E-state index is -0.0438. The molecule has 3 N–H and O–H groups in total. The summed E-state index contributed by atoms with van der Waals surface area (Å²) in [7, 11) is 1.80. The zero-order valence-corrected chi connectivity index (χ0v) is 13.7. The molecule has 23 heavy (non-hydrogen) atoms. The van der Waals surface area contributed by atoms with Crippen LogP contribution >= 0.6 is 0 Å². The van der Waals surface area contributed by atoms with Crippen molar-refractivity contribution < 1.29 is 9.53 Å². The molecule has 0 amide bonds. The van der Waals surface area contributed by atoms with E-state index in [1.165, 1.54) is 6.20 Å². The Bertz CT molecular complexity index is 721. The molecule has 2 rings (SSSR count). The highest BCUT2D eigenvalue weighted by molar-refractivity contribution is 6.12. The third-order valence-corrected chi connectivity index (χ3v) is 3.35. The Morgan fingerprint density at radius 2 is 1.96 bits per heavy atom. The van der Waals surface area contributed by atoms with Crippen LogP contribution in [0, 0.1) is 0 Å². The van der Waals surface area contributed by atoms with Gasteiger partial charge in [-0.05, 0) is 56.5 Å². The van der Waals surface area contributed by atoms with E-state index in [9.17, 15) is 4.79 Å². The highest BCUT2D eigenvalue weighted by Gasteiger charge is 2.15. The van der Waals surface area contributed by atoms with E-state index >= 15 is 0 Å². The van der Waals surface area contributed by atoms with Gasteiger partial charge in [0.2, 0.25) is 0 Å². The Hall–Kier alpha value is -2.75. The first-order valence-electron chi connectivity index (χ1n) is 7.57. The molecule has 0 saturated heterocycles. The first-order chi connectivity index (χ1) is 11.1. The highest BCUT2D eigenvalue weighted by Crippen LogP contribution is 2.26. The Labute approximate surface area is 137 Å². The number of ketones is 1. The van der Waals surface area contributed by atoms with Crippen LogP contribution in [0.5, 0.6) is 5.75 Å². The average Bonchev–Trinajstić information content (AvgIpc) is 2.55. The quantitative estimate of drug-likeness (QED) is 0.799. The van der Waals surface area contributed by atoms with Crippen LogP contribution in [0.3, 0.4) is 0 Å². The Kier molecular flexibility index (Phi) is 5.41. The molecule has 0 atom stereocenters. The van der Waals surface area contributed by atoms with Crippen LogP contribution in [-0.2, 0) is 0 Å². The van der Waals surface area contributed by atoms with Crippen LogP contribution in [0.25, 0.3) is 6.08 Å². The molecule has 0 aliphatic carbocycles. The van der Waals surface area contributed by atoms with Gasteiger partial charge in [-0.1, -0.05) is 12.1 Å². The second-order valence-corrected chi connectivity index (χ2v) is 5.40. The zero-order chi connectivity index (χ0) is 16.8. The van der Waals surface area contributed by atoms with Crippen LogP contribution in [0.4, 0.5) is 5.69 Å². The maximum absolute atomic E-state index is 12.8. The van der Waals surface area contributed by atoms with E-state index in [1.54, 1.807) is 25.3 Å². The Morgan fingerprint density at radius 1 is 1.22 bits per heavy atom. The van der Waals surface area contributed by atoms with Crippen molar-refractivity contribution in [2.45, 2.75) is 20.0 Å². The topological polar surface area (TPSA) is 64.3 Å². The maximum atomic E-state index is 12.8. The van der Waals surface area contributed by atoms with Crippen molar-refractivity contribution in [2.75, 3.05) is 12.4 Å². The molecular weight excluding hydrogens is 288 g/mol. The monoisotopic (exact) mass is 310 g/mol. The van der Waals surface area contributed by atoms with Crippen molar-refractivity contribution in [1.29, 1.82) is 0 Å². The summed E-state index contributed by atoms with van der Waals surface area (Å²) in [6.07, 6.45) is 3.23. The molecule has 0 aromatic heterocycles. The predicted octanol–water partition coefficient (Wildman–Crippen LogP) is 3.68. The van der Waals surface area contributed by atoms with Gasteiger partial charge < -0.3 is 15.8 Å². The molecule has 0 fully saturated rings. The first kappa shape index (κ1) is 16.6. The van der Waals surface area contributed by atoms with Gasteiger partial charge in [0.1, 0.15) is 5.75 Å². The number of para-hydroxylation sites is 1. The lowest BCUT2D eigenvalue weighted by molar-refractivity contribution is 0.103. The SMILES string of the molecule is CNc1ccccc1C(=O)c1ccc(OC(C)C)c(/C=C\N)c1. The van der Waals surface area contributed by atoms with Gasteiger partial charge in [0.15, 0.2) is 5.78 Å². The summed E-state index contributed by atoms with van der Waals surface area (Å²) in [4.78, 5) is 12.8. The summed E-state index contributed by atoms with van der Waals surface area (Å²) in [5.74, 6) is 0.665. The number of anilines is 1. The van der Waals surface area contributed by atoms with Crippen LogP contribution in [0.1, 0.15) is 35.3 Å². The van der Waals surface area contributed by atoms with Gasteiger partial charge in [-0.15, -0.1) is 0 Å². The molecule has 0 radical (unpaired) electrons. The molecule has 0 spiro atoms. The third-order valence-electron chi connectivity index (χ3n) is 3.35. The van der Waals surface area contributed by atoms with E-state index in [2.05, 4.69) is 5.32 Å². The summed E-state index contributed by atoms with van der Waals surface area (Å²) >= 11 is 0. The van der Waals surface area contributed by atoms with Crippen molar-refractivity contribution in [3.63, 3.8) is 0 Å². The molecule has 2 aromatic carbocycles. The molecule has 0 unspecified atom stereocenters. The normalized spacial score (nSPS) is 11.0. The number of rotatable bonds is 6. The standard InChI is InChI=1S/C19H22N2O2/c1-13(2)23-18-9-8-15(12-14(18)10-11-20)19(22)16-6-4-5-7-17(16)21-3/h4-13,21H,20H2,1-3H3/b11-10-. The molecule has 0 aliphatic heterocycles. The average molecular weight is 310 g/mol. The van der Waals surface area contributed by atoms with Crippen molar-refractivity contribution in [1.82, 2.24) is 0 Å². The number of nitrogens with one attached hydrogen (secondary N) is 1. The summed E-state index contributed by atoms with van der Waals surface area (Å²) in [6.45, 7) is 3.91. The molecular formula is C19H22N2O2. The minimum absolute atomic E-state index is 0.0438. The summed E-state index contributed by atoms with van der Waals surface area (Å²) in [5.41, 5.74) is 8.33. The van der Waals surface area contributed by atoms with Gasteiger partial charge in [0.25, 0.3) is 0 Å². The van der Waals surface area contributed by atoms with Crippen molar-refractivity contribution in [3.05, 3.63) is 65.4 Å². The van der Waals surface area contributed by atoms with Gasteiger partial charge in [0, 0.05) is 29.4 Å². The number of carbonyl (C=O) groups is 1. The molecule has 4 nitrogen and oxygen atoms in total. The van der Waals surface area contributed by atoms with E-state index in [1.807, 2.05) is 44.2 Å². The smallest absolute Gasteiger partial charge is 0.195 e. The van der Waals surface area contributed by atoms with Crippen LogP contribution in [-0.4, -0.2) is 18.9 Å². The Morgan fingerprint density at radius 3 is 2.61 bits per heavy atom. The minimum Gasteiger partial charge on any atom is -0.490 e. The van der Waals surface area contributed by atoms with Gasteiger partial charge >= 0.3 is 0 Å². The summed E-state index contributed by atoms with van der Waals surface area (Å²) < 4.78 is 5.75. The number of carbonyl (C=O) groups excluding carboxylic acids is 1. The van der Waals surface area contributed by atoms with Crippen molar-refractivity contribution in [3.8, 4) is 5.75 Å². The lowest BCUT2D eigenvalue weighted by Crippen LogP contribution is -2.09. The summed E-state index contributed by atoms with van der Waals surface area (Å²) in [6, 6.07) is 12.8. The first-order valence-corrected chi connectivity index (χ1v) is 7.57. The largest absolute Gasteiger partial charge is 0.490 e. The van der Waals surface area contributed by atoms with E-state index in [-0.39, 0.29) is 11.9 Å². The van der Waals surface area contributed by atoms with Gasteiger partial charge in [-0.3, -0.25) is 4.79 Å². The summed E-state index contributed by atoms with van der Waals surface area (Å²) in [5, 5.41) is 3.04. The van der Waals surface area contributed by atoms with Gasteiger partial charge in [0.05, 0.1) is 6.10 Å². The molecule has 0 bridgehead atoms. The molecule has 4 heteroatoms. The van der Waals surface area contributed by atoms with E-state index in [0.717, 1.165) is 11.3 Å². The zero-order valence-electron chi connectivity index (χ0n) is 13.7. The number of hydrogen-bond donors (Lipinski definition) is 2. The highest BCUT2D eigenvalue weighted by atomic mass is 16.5. The van der Waals surface area contributed by atoms with Gasteiger partial charge in [-0.2, -0.15) is 0 Å². The van der Waals surface area contributed by atoms with Crippen molar-refractivity contribution >= 4 is 17.5 Å². The van der Waals surface area contributed by atoms with E-state index in [4.69, 9.17) is 10.5 Å². The third kappa shape index (κ3) is 3.92. The predicted molar refractivity (Wildman–Crippen MR) is 94.8 cm³/mol. The van der Waals surface area contributed by atoms with E-state index in [0.29, 0.717) is 16.9 Å². The van der Waals surface area contributed by atoms with Gasteiger partial charge in [-0.25, -0.2) is 0 Å². The number of nitrogens with two attached hydrogens (primary N) is 1. The molecule has 0 heterocycles. The van der Waals surface area contributed by atoms with Crippen LogP contribution < -0.4 is 15.8 Å². The van der Waals surface area contributed by atoms with Crippen LogP contribution in [0.15, 0.2) is 48.7 Å². The number of hydrogen-bond acceptors (Lipinski definition) is 4. The molecule has 2 aromatic rings. The fraction of sp³-hybridized carbons (Fsp3) is 0.211. The molecule has 0 aliphatic rings. The lowest BCUT2D eigenvalue weighted by atomic mass is 9.99. The number of ether oxygens (including phenoxy) is 1. The fourth-order valence-corrected chi connectivity index (χ4v) is 2.34. The Balaban J connectivity index is 2.43. The fourth-order valence-electron chi connectivity index (χ4n) is 2.34. The molecule has 120 valence electrons. The second kappa shape index (κ2) is 7.49. The number of benzene rings is 2. The molecule has 0 saturated carbocycles. The van der Waals surface area contributed by atoms with Crippen molar-refractivity contribution in [2.24, 2.45) is 5.73 Å².